The van der Waals surface area contributed by atoms with E-state index in [1.807, 2.05) is 6.07 Å². The number of ether oxygens (including phenoxy) is 3. The number of fused-ring (bicyclic) bond motifs is 1. The van der Waals surface area contributed by atoms with Gasteiger partial charge < -0.3 is 24.8 Å². The Kier molecular flexibility index (Phi) is 9.05. The highest BCUT2D eigenvalue weighted by Crippen LogP contribution is 2.62. The van der Waals surface area contributed by atoms with Crippen molar-refractivity contribution >= 4 is 23.9 Å². The van der Waals surface area contributed by atoms with Crippen molar-refractivity contribution in [2.45, 2.75) is 24.3 Å². The maximum atomic E-state index is 13.6. The van der Waals surface area contributed by atoms with Gasteiger partial charge in [0.1, 0.15) is 25.4 Å². The van der Waals surface area contributed by atoms with E-state index in [9.17, 15) is 19.2 Å². The van der Waals surface area contributed by atoms with Crippen LogP contribution in [-0.4, -0.2) is 55.8 Å². The molecule has 2 saturated carbocycles. The predicted octanol–water partition coefficient (Wildman–Crippen LogP) is 2.65. The number of nitrogens with one attached hydrogen (secondary N) is 2. The van der Waals surface area contributed by atoms with E-state index in [-0.39, 0.29) is 32.3 Å². The van der Waals surface area contributed by atoms with Crippen molar-refractivity contribution in [3.8, 4) is 0 Å². The molecule has 0 bridgehead atoms. The summed E-state index contributed by atoms with van der Waals surface area (Å²) in [5.74, 6) is -3.30. The third-order valence-corrected chi connectivity index (χ3v) is 6.58. The quantitative estimate of drug-likeness (QED) is 0.245. The van der Waals surface area contributed by atoms with E-state index in [1.54, 1.807) is 24.3 Å². The highest BCUT2D eigenvalue weighted by molar-refractivity contribution is 5.94. The number of rotatable bonds is 13. The molecular formula is C27H32N2O7. The zero-order valence-corrected chi connectivity index (χ0v) is 20.1. The van der Waals surface area contributed by atoms with Gasteiger partial charge in [-0.1, -0.05) is 68.3 Å². The zero-order valence-electron chi connectivity index (χ0n) is 20.1. The summed E-state index contributed by atoms with van der Waals surface area (Å²) in [5.41, 5.74) is -0.714. The first-order chi connectivity index (χ1) is 17.4. The summed E-state index contributed by atoms with van der Waals surface area (Å²) < 4.78 is 15.5. The summed E-state index contributed by atoms with van der Waals surface area (Å²) in [5, 5.41) is 5.53. The van der Waals surface area contributed by atoms with Crippen LogP contribution in [0.2, 0.25) is 0 Å². The molecule has 2 aliphatic rings. The molecule has 0 radical (unpaired) electrons. The summed E-state index contributed by atoms with van der Waals surface area (Å²) >= 11 is 0. The molecule has 0 heterocycles. The number of hydrogen-bond donors (Lipinski definition) is 2. The van der Waals surface area contributed by atoms with Crippen LogP contribution < -0.4 is 10.6 Å². The van der Waals surface area contributed by atoms with Crippen molar-refractivity contribution in [3.63, 3.8) is 0 Å². The highest BCUT2D eigenvalue weighted by atomic mass is 16.5. The smallest absolute Gasteiger partial charge is 0.408 e. The second kappa shape index (κ2) is 12.2. The van der Waals surface area contributed by atoms with Gasteiger partial charge in [0.05, 0.1) is 11.8 Å². The molecule has 0 aromatic heterocycles. The third kappa shape index (κ3) is 5.84. The molecule has 5 atom stereocenters. The molecule has 2 aliphatic carbocycles. The Bertz CT molecular complexity index is 1010. The first kappa shape index (κ1) is 26.7. The Balaban J connectivity index is 1.80. The minimum absolute atomic E-state index is 0.0341. The van der Waals surface area contributed by atoms with Crippen molar-refractivity contribution in [1.82, 2.24) is 10.6 Å². The van der Waals surface area contributed by atoms with Gasteiger partial charge in [-0.3, -0.25) is 14.4 Å². The fourth-order valence-electron chi connectivity index (χ4n) is 4.96. The molecule has 0 aliphatic heterocycles. The third-order valence-electron chi connectivity index (χ3n) is 6.58. The number of esters is 2. The Morgan fingerprint density at radius 2 is 1.61 bits per heavy atom. The Morgan fingerprint density at radius 3 is 2.28 bits per heavy atom. The number of carbonyl (C=O) groups is 4. The Labute approximate surface area is 210 Å². The topological polar surface area (TPSA) is 120 Å². The summed E-state index contributed by atoms with van der Waals surface area (Å²) in [6, 6.07) is 8.93. The summed E-state index contributed by atoms with van der Waals surface area (Å²) in [4.78, 5) is 51.4. The summed E-state index contributed by atoms with van der Waals surface area (Å²) in [6.07, 6.45) is 4.42. The van der Waals surface area contributed by atoms with Gasteiger partial charge in [-0.2, -0.15) is 0 Å². The van der Waals surface area contributed by atoms with Gasteiger partial charge in [-0.15, -0.1) is 0 Å². The van der Waals surface area contributed by atoms with Crippen molar-refractivity contribution in [3.05, 3.63) is 73.9 Å². The molecule has 1 aromatic carbocycles. The number of alkyl carbamates (subject to hydrolysis) is 1. The van der Waals surface area contributed by atoms with Gasteiger partial charge in [0, 0.05) is 12.5 Å². The number of hydrogen-bond acceptors (Lipinski definition) is 7. The van der Waals surface area contributed by atoms with Crippen LogP contribution in [0.1, 0.15) is 24.3 Å². The molecule has 0 spiro atoms. The molecule has 1 unspecified atom stereocenters. The summed E-state index contributed by atoms with van der Waals surface area (Å²) in [6.45, 7) is 10.6. The average Bonchev–Trinajstić information content (AvgIpc) is 3.51. The molecule has 192 valence electrons. The average molecular weight is 497 g/mol. The molecule has 2 fully saturated rings. The van der Waals surface area contributed by atoms with Crippen LogP contribution in [0.3, 0.4) is 0 Å². The van der Waals surface area contributed by atoms with E-state index in [0.29, 0.717) is 18.4 Å². The molecule has 3 rings (SSSR count). The van der Waals surface area contributed by atoms with Gasteiger partial charge in [0.25, 0.3) is 0 Å². The fraction of sp³-hybridized carbons (Fsp3) is 0.407. The van der Waals surface area contributed by atoms with Gasteiger partial charge in [-0.25, -0.2) is 4.79 Å². The van der Waals surface area contributed by atoms with Gasteiger partial charge in [0.15, 0.2) is 0 Å². The van der Waals surface area contributed by atoms with Crippen LogP contribution in [0.25, 0.3) is 0 Å². The zero-order chi connectivity index (χ0) is 26.1. The van der Waals surface area contributed by atoms with Crippen LogP contribution in [0.4, 0.5) is 4.79 Å². The molecule has 1 aromatic rings. The second-order valence-electron chi connectivity index (χ2n) is 8.75. The first-order valence-electron chi connectivity index (χ1n) is 11.8. The maximum Gasteiger partial charge on any atom is 0.408 e. The molecular weight excluding hydrogens is 464 g/mol. The van der Waals surface area contributed by atoms with Gasteiger partial charge in [-0.05, 0) is 24.3 Å². The van der Waals surface area contributed by atoms with E-state index < -0.39 is 47.2 Å². The van der Waals surface area contributed by atoms with E-state index in [2.05, 4.69) is 30.4 Å². The molecule has 9 heteroatoms. The molecule has 2 amide bonds. The first-order valence-corrected chi connectivity index (χ1v) is 11.8. The number of benzene rings is 1. The lowest BCUT2D eigenvalue weighted by atomic mass is 9.88. The fourth-order valence-corrected chi connectivity index (χ4v) is 4.96. The minimum atomic E-state index is -1.38. The lowest BCUT2D eigenvalue weighted by Crippen LogP contribution is -2.60. The SMILES string of the molecule is C=CCOC(=O)N[C@@]1(C(=O)NCC(C(=O)OCC=C)c2ccccc2)CC[C@@H]2[C@H](C(=O)OCC=C)[C@H]21. The predicted molar refractivity (Wildman–Crippen MR) is 132 cm³/mol. The van der Waals surface area contributed by atoms with E-state index >= 15 is 0 Å². The van der Waals surface area contributed by atoms with E-state index in [0.717, 1.165) is 0 Å². The van der Waals surface area contributed by atoms with Gasteiger partial charge in [0.2, 0.25) is 5.91 Å². The van der Waals surface area contributed by atoms with Crippen molar-refractivity contribution in [1.29, 1.82) is 0 Å². The van der Waals surface area contributed by atoms with Crippen LogP contribution in [0.5, 0.6) is 0 Å². The molecule has 9 nitrogen and oxygen atoms in total. The minimum Gasteiger partial charge on any atom is -0.461 e. The van der Waals surface area contributed by atoms with Crippen LogP contribution >= 0.6 is 0 Å². The van der Waals surface area contributed by atoms with Crippen molar-refractivity contribution in [2.24, 2.45) is 17.8 Å². The standard InChI is InChI=1S/C27H32N2O7/c1-4-14-34-23(30)20(18-10-8-7-9-11-18)17-28-25(32)27(29-26(33)36-16-6-3)13-12-19-21(22(19)27)24(31)35-15-5-2/h4-11,19-22H,1-3,12-17H2,(H,28,32)(H,29,33)/t19-,20?,21+,22+,27+/m1/s1. The largest absolute Gasteiger partial charge is 0.461 e. The van der Waals surface area contributed by atoms with E-state index in [1.165, 1.54) is 18.2 Å². The molecule has 0 saturated heterocycles. The normalized spacial score (nSPS) is 24.3. The lowest BCUT2D eigenvalue weighted by Gasteiger charge is -2.32. The Morgan fingerprint density at radius 1 is 0.972 bits per heavy atom. The number of carbonyl (C=O) groups excluding carboxylic acids is 4. The second-order valence-corrected chi connectivity index (χ2v) is 8.75. The van der Waals surface area contributed by atoms with Crippen LogP contribution in [-0.2, 0) is 28.6 Å². The molecule has 2 N–H and O–H groups in total. The van der Waals surface area contributed by atoms with Gasteiger partial charge >= 0.3 is 18.0 Å². The Hall–Kier alpha value is -3.88. The monoisotopic (exact) mass is 496 g/mol. The lowest BCUT2D eigenvalue weighted by molar-refractivity contribution is -0.145. The van der Waals surface area contributed by atoms with Crippen LogP contribution in [0.15, 0.2) is 68.3 Å². The molecule has 36 heavy (non-hydrogen) atoms. The maximum absolute atomic E-state index is 13.6. The van der Waals surface area contributed by atoms with E-state index in [4.69, 9.17) is 14.2 Å². The number of amides is 2. The summed E-state index contributed by atoms with van der Waals surface area (Å²) in [7, 11) is 0. The van der Waals surface area contributed by atoms with Crippen molar-refractivity contribution < 1.29 is 33.4 Å². The van der Waals surface area contributed by atoms with Crippen molar-refractivity contribution in [2.75, 3.05) is 26.4 Å². The highest BCUT2D eigenvalue weighted by Gasteiger charge is 2.72. The van der Waals surface area contributed by atoms with Crippen LogP contribution in [0, 0.1) is 17.8 Å².